The smallest absolute Gasteiger partial charge is 0.277 e. The molecule has 8 nitrogen and oxygen atoms in total. The molecular formula is C28H37N5O3. The van der Waals surface area contributed by atoms with Crippen molar-refractivity contribution in [3.05, 3.63) is 76.2 Å². The van der Waals surface area contributed by atoms with Crippen LogP contribution < -0.4 is 21.2 Å². The minimum absolute atomic E-state index is 0.280. The topological polar surface area (TPSA) is 86.7 Å². The number of hydrogen-bond acceptors (Lipinski definition) is 5. The molecule has 0 fully saturated rings. The quantitative estimate of drug-likeness (QED) is 0.378. The van der Waals surface area contributed by atoms with Gasteiger partial charge in [0.15, 0.2) is 0 Å². The second kappa shape index (κ2) is 12.9. The van der Waals surface area contributed by atoms with Crippen molar-refractivity contribution < 1.29 is 9.59 Å². The molecule has 8 heteroatoms. The highest BCUT2D eigenvalue weighted by molar-refractivity contribution is 6.07. The standard InChI is InChI=1S/C28H37N5O3/c1-5-31(6-2)19-11-18-29-27(35)25-20-33(28(36)24-13-10-9-12-23(24)25)30-26(34)21-14-16-22(17-15-21)32(7-3)8-4/h9-10,12-17,20H,5-8,11,18-19H2,1-4H3,(H,29,35)(H,30,34). The first kappa shape index (κ1) is 26.9. The van der Waals surface area contributed by atoms with E-state index in [1.807, 2.05) is 12.1 Å². The molecule has 2 amide bonds. The Labute approximate surface area is 212 Å². The lowest BCUT2D eigenvalue weighted by molar-refractivity contribution is 0.0949. The lowest BCUT2D eigenvalue weighted by atomic mass is 10.1. The Balaban J connectivity index is 1.81. The fourth-order valence-electron chi connectivity index (χ4n) is 4.28. The maximum Gasteiger partial charge on any atom is 0.277 e. The van der Waals surface area contributed by atoms with E-state index in [-0.39, 0.29) is 5.91 Å². The zero-order chi connectivity index (χ0) is 26.1. The van der Waals surface area contributed by atoms with Crippen LogP contribution in [-0.4, -0.2) is 60.7 Å². The van der Waals surface area contributed by atoms with E-state index in [0.717, 1.165) is 49.5 Å². The number of pyridine rings is 1. The van der Waals surface area contributed by atoms with Crippen LogP contribution >= 0.6 is 0 Å². The average molecular weight is 492 g/mol. The number of hydrogen-bond donors (Lipinski definition) is 2. The van der Waals surface area contributed by atoms with Crippen LogP contribution in [0.1, 0.15) is 54.8 Å². The second-order valence-corrected chi connectivity index (χ2v) is 8.56. The van der Waals surface area contributed by atoms with E-state index in [2.05, 4.69) is 48.2 Å². The van der Waals surface area contributed by atoms with E-state index in [9.17, 15) is 14.4 Å². The van der Waals surface area contributed by atoms with Gasteiger partial charge in [0.05, 0.1) is 5.56 Å². The molecule has 0 unspecified atom stereocenters. The first-order valence-corrected chi connectivity index (χ1v) is 12.7. The van der Waals surface area contributed by atoms with Crippen molar-refractivity contribution in [1.82, 2.24) is 14.9 Å². The Morgan fingerprint density at radius 3 is 2.08 bits per heavy atom. The molecule has 0 saturated heterocycles. The maximum absolute atomic E-state index is 13.1. The van der Waals surface area contributed by atoms with Gasteiger partial charge in [-0.25, -0.2) is 4.68 Å². The Morgan fingerprint density at radius 1 is 0.833 bits per heavy atom. The van der Waals surface area contributed by atoms with Crippen LogP contribution in [0.3, 0.4) is 0 Å². The van der Waals surface area contributed by atoms with Crippen LogP contribution in [0.5, 0.6) is 0 Å². The second-order valence-electron chi connectivity index (χ2n) is 8.56. The minimum Gasteiger partial charge on any atom is -0.372 e. The summed E-state index contributed by atoms with van der Waals surface area (Å²) >= 11 is 0. The van der Waals surface area contributed by atoms with Crippen LogP contribution in [0.25, 0.3) is 10.8 Å². The molecule has 1 heterocycles. The lowest BCUT2D eigenvalue weighted by Gasteiger charge is -2.21. The Bertz CT molecular complexity index is 1230. The van der Waals surface area contributed by atoms with E-state index in [0.29, 0.717) is 28.4 Å². The number of nitrogens with one attached hydrogen (secondary N) is 2. The summed E-state index contributed by atoms with van der Waals surface area (Å²) in [7, 11) is 0. The third-order valence-electron chi connectivity index (χ3n) is 6.48. The number of rotatable bonds is 12. The van der Waals surface area contributed by atoms with Gasteiger partial charge >= 0.3 is 0 Å². The molecule has 0 atom stereocenters. The lowest BCUT2D eigenvalue weighted by Crippen LogP contribution is -2.35. The molecule has 3 aromatic rings. The van der Waals surface area contributed by atoms with Crippen LogP contribution in [-0.2, 0) is 0 Å². The number of amides is 2. The number of anilines is 1. The number of fused-ring (bicyclic) bond motifs is 1. The van der Waals surface area contributed by atoms with Gasteiger partial charge in [0.25, 0.3) is 17.4 Å². The zero-order valence-corrected chi connectivity index (χ0v) is 21.7. The van der Waals surface area contributed by atoms with Crippen molar-refractivity contribution in [3.63, 3.8) is 0 Å². The van der Waals surface area contributed by atoms with Crippen LogP contribution in [0.15, 0.2) is 59.5 Å². The molecule has 0 saturated carbocycles. The van der Waals surface area contributed by atoms with Gasteiger partial charge in [0, 0.05) is 47.9 Å². The number of benzene rings is 2. The summed E-state index contributed by atoms with van der Waals surface area (Å²) in [6.45, 7) is 13.5. The van der Waals surface area contributed by atoms with Crippen molar-refractivity contribution >= 4 is 28.3 Å². The first-order valence-electron chi connectivity index (χ1n) is 12.7. The molecule has 2 aromatic carbocycles. The molecule has 0 radical (unpaired) electrons. The molecule has 0 aliphatic rings. The summed E-state index contributed by atoms with van der Waals surface area (Å²) < 4.78 is 1.10. The molecule has 192 valence electrons. The molecule has 1 aromatic heterocycles. The van der Waals surface area contributed by atoms with Crippen molar-refractivity contribution in [3.8, 4) is 0 Å². The summed E-state index contributed by atoms with van der Waals surface area (Å²) in [6, 6.07) is 14.2. The molecule has 0 spiro atoms. The van der Waals surface area contributed by atoms with Gasteiger partial charge in [-0.2, -0.15) is 0 Å². The number of nitrogens with zero attached hydrogens (tertiary/aromatic N) is 3. The van der Waals surface area contributed by atoms with E-state index in [1.54, 1.807) is 36.4 Å². The van der Waals surface area contributed by atoms with Gasteiger partial charge in [-0.05, 0) is 70.2 Å². The van der Waals surface area contributed by atoms with Crippen LogP contribution in [0, 0.1) is 0 Å². The maximum atomic E-state index is 13.1. The highest BCUT2D eigenvalue weighted by atomic mass is 16.2. The molecule has 3 rings (SSSR count). The van der Waals surface area contributed by atoms with Crippen LogP contribution in [0.2, 0.25) is 0 Å². The minimum atomic E-state index is -0.427. The summed E-state index contributed by atoms with van der Waals surface area (Å²) in [5, 5.41) is 3.88. The third-order valence-corrected chi connectivity index (χ3v) is 6.48. The van der Waals surface area contributed by atoms with Gasteiger partial charge in [0.1, 0.15) is 0 Å². The highest BCUT2D eigenvalue weighted by Crippen LogP contribution is 2.17. The fourth-order valence-corrected chi connectivity index (χ4v) is 4.28. The van der Waals surface area contributed by atoms with Gasteiger partial charge in [0.2, 0.25) is 0 Å². The molecule has 0 aliphatic carbocycles. The normalized spacial score (nSPS) is 11.0. The molecule has 0 bridgehead atoms. The van der Waals surface area contributed by atoms with Gasteiger partial charge < -0.3 is 15.1 Å². The molecule has 0 aliphatic heterocycles. The number of carbonyl (C=O) groups excluding carboxylic acids is 2. The Hall–Kier alpha value is -3.65. The Morgan fingerprint density at radius 2 is 1.47 bits per heavy atom. The third kappa shape index (κ3) is 6.31. The van der Waals surface area contributed by atoms with E-state index in [4.69, 9.17) is 0 Å². The van der Waals surface area contributed by atoms with Crippen molar-refractivity contribution in [2.75, 3.05) is 49.6 Å². The zero-order valence-electron chi connectivity index (χ0n) is 21.7. The predicted molar refractivity (Wildman–Crippen MR) is 147 cm³/mol. The monoisotopic (exact) mass is 491 g/mol. The summed E-state index contributed by atoms with van der Waals surface area (Å²) in [6.07, 6.45) is 2.23. The van der Waals surface area contributed by atoms with Gasteiger partial charge in [-0.15, -0.1) is 0 Å². The SMILES string of the molecule is CCN(CC)CCCNC(=O)c1cn(NC(=O)c2ccc(N(CC)CC)cc2)c(=O)c2ccccc12. The van der Waals surface area contributed by atoms with E-state index < -0.39 is 11.5 Å². The van der Waals surface area contributed by atoms with E-state index in [1.165, 1.54) is 6.20 Å². The highest BCUT2D eigenvalue weighted by Gasteiger charge is 2.16. The molecule has 36 heavy (non-hydrogen) atoms. The number of carbonyl (C=O) groups is 2. The van der Waals surface area contributed by atoms with Crippen molar-refractivity contribution in [2.24, 2.45) is 0 Å². The average Bonchev–Trinajstić information content (AvgIpc) is 2.91. The van der Waals surface area contributed by atoms with Gasteiger partial charge in [-0.3, -0.25) is 19.8 Å². The van der Waals surface area contributed by atoms with E-state index >= 15 is 0 Å². The molecule has 2 N–H and O–H groups in total. The largest absolute Gasteiger partial charge is 0.372 e. The predicted octanol–water partition coefficient (Wildman–Crippen LogP) is 3.69. The fraction of sp³-hybridized carbons (Fsp3) is 0.393. The summed E-state index contributed by atoms with van der Waals surface area (Å²) in [4.78, 5) is 43.6. The van der Waals surface area contributed by atoms with Crippen LogP contribution in [0.4, 0.5) is 5.69 Å². The first-order chi connectivity index (χ1) is 17.4. The van der Waals surface area contributed by atoms with Crippen molar-refractivity contribution in [2.45, 2.75) is 34.1 Å². The molecular weight excluding hydrogens is 454 g/mol. The van der Waals surface area contributed by atoms with Gasteiger partial charge in [-0.1, -0.05) is 32.0 Å². The number of aromatic nitrogens is 1. The Kier molecular flexibility index (Phi) is 9.64. The van der Waals surface area contributed by atoms with Crippen molar-refractivity contribution in [1.29, 1.82) is 0 Å². The summed E-state index contributed by atoms with van der Waals surface area (Å²) in [5.74, 6) is -0.707. The summed E-state index contributed by atoms with van der Waals surface area (Å²) in [5.41, 5.74) is 4.05.